The van der Waals surface area contributed by atoms with Crippen LogP contribution in [-0.2, 0) is 9.53 Å². The van der Waals surface area contributed by atoms with Crippen LogP contribution in [0.25, 0.3) is 0 Å². The number of rotatable bonds is 1. The fourth-order valence-corrected chi connectivity index (χ4v) is 1.74. The smallest absolute Gasteiger partial charge is 0.309 e. The first kappa shape index (κ1) is 11.5. The Morgan fingerprint density at radius 3 is 2.64 bits per heavy atom. The van der Waals surface area contributed by atoms with Crippen molar-refractivity contribution in [2.75, 3.05) is 13.1 Å². The van der Waals surface area contributed by atoms with E-state index in [1.54, 1.807) is 0 Å². The van der Waals surface area contributed by atoms with Crippen molar-refractivity contribution in [3.8, 4) is 0 Å². The number of ether oxygens (including phenoxy) is 1. The van der Waals surface area contributed by atoms with E-state index >= 15 is 0 Å². The first-order valence-corrected chi connectivity index (χ1v) is 5.34. The predicted octanol–water partition coefficient (Wildman–Crippen LogP) is 1.82. The molecule has 0 saturated carbocycles. The van der Waals surface area contributed by atoms with Crippen molar-refractivity contribution < 1.29 is 11.0 Å². The quantitative estimate of drug-likeness (QED) is 0.658. The summed E-state index contributed by atoms with van der Waals surface area (Å²) in [6, 6.07) is 0. The molecule has 0 aromatic carbocycles. The Bertz CT molecular complexity index is 213. The molecule has 14 heavy (non-hydrogen) atoms. The van der Waals surface area contributed by atoms with E-state index in [4.69, 9.17) is 4.74 Å². The maximum absolute atomic E-state index is 11.8. The summed E-state index contributed by atoms with van der Waals surface area (Å²) in [5.41, 5.74) is -0.359. The van der Waals surface area contributed by atoms with Crippen LogP contribution in [0.5, 0.6) is 0 Å². The third-order valence-electron chi connectivity index (χ3n) is 2.49. The molecule has 84 valence electrons. The number of esters is 1. The molecule has 2 atom stereocenters. The van der Waals surface area contributed by atoms with Gasteiger partial charge in [0.1, 0.15) is 5.60 Å². The number of piperidine rings is 1. The van der Waals surface area contributed by atoms with Gasteiger partial charge in [-0.3, -0.25) is 4.79 Å². The number of carbonyl (C=O) groups is 1. The highest BCUT2D eigenvalue weighted by molar-refractivity contribution is 5.73. The first-order chi connectivity index (χ1) is 6.40. The lowest BCUT2D eigenvalue weighted by molar-refractivity contribution is -0.162. The van der Waals surface area contributed by atoms with Gasteiger partial charge in [0.05, 0.1) is 5.92 Å². The van der Waals surface area contributed by atoms with Crippen molar-refractivity contribution >= 4 is 5.97 Å². The summed E-state index contributed by atoms with van der Waals surface area (Å²) in [6.07, 6.45) is 0.899. The molecule has 0 spiro atoms. The van der Waals surface area contributed by atoms with Crippen molar-refractivity contribution in [1.29, 1.82) is 0 Å². The van der Waals surface area contributed by atoms with E-state index in [0.717, 1.165) is 19.5 Å². The third kappa shape index (κ3) is 3.29. The van der Waals surface area contributed by atoms with Crippen LogP contribution in [0, 0.1) is 11.8 Å². The molecule has 0 aromatic rings. The van der Waals surface area contributed by atoms with E-state index in [-0.39, 0.29) is 18.9 Å². The van der Waals surface area contributed by atoms with Gasteiger partial charge in [-0.05, 0) is 46.2 Å². The van der Waals surface area contributed by atoms with Crippen LogP contribution >= 0.6 is 0 Å². The number of nitrogens with one attached hydrogen (secondary N) is 1. The Labute approximate surface area is 87.7 Å². The maximum atomic E-state index is 11.8. The summed E-state index contributed by atoms with van der Waals surface area (Å²) in [5, 5.41) is 3.27. The van der Waals surface area contributed by atoms with Crippen molar-refractivity contribution in [2.24, 2.45) is 11.8 Å². The standard InChI is InChI=1S/C11H21NO2.H2/c1-8-7-12-6-5-9(8)10(13)14-11(2,3)4;/h8-9,12H,5-7H2,1-4H3;1H/t8-,9+;/m1./s1. The van der Waals surface area contributed by atoms with Gasteiger partial charge in [0, 0.05) is 1.43 Å². The van der Waals surface area contributed by atoms with Crippen LogP contribution in [0.4, 0.5) is 0 Å². The minimum atomic E-state index is -0.359. The van der Waals surface area contributed by atoms with E-state index in [2.05, 4.69) is 12.2 Å². The Morgan fingerprint density at radius 1 is 1.50 bits per heavy atom. The van der Waals surface area contributed by atoms with Crippen LogP contribution in [0.2, 0.25) is 0 Å². The zero-order valence-electron chi connectivity index (χ0n) is 9.59. The third-order valence-corrected chi connectivity index (χ3v) is 2.49. The average molecular weight is 201 g/mol. The SMILES string of the molecule is C[C@@H]1CNCC[C@@H]1C(=O)OC(C)(C)C.[HH]. The lowest BCUT2D eigenvalue weighted by atomic mass is 9.88. The summed E-state index contributed by atoms with van der Waals surface area (Å²) >= 11 is 0. The number of hydrogen-bond acceptors (Lipinski definition) is 3. The van der Waals surface area contributed by atoms with E-state index in [9.17, 15) is 4.79 Å². The molecule has 1 saturated heterocycles. The zero-order chi connectivity index (χ0) is 10.8. The lowest BCUT2D eigenvalue weighted by Crippen LogP contribution is -2.41. The second kappa shape index (κ2) is 4.30. The Kier molecular flexibility index (Phi) is 3.53. The molecule has 1 fully saturated rings. The second-order valence-corrected chi connectivity index (χ2v) is 5.11. The van der Waals surface area contributed by atoms with Gasteiger partial charge in [0.15, 0.2) is 0 Å². The summed E-state index contributed by atoms with van der Waals surface area (Å²) in [7, 11) is 0. The minimum absolute atomic E-state index is 0. The minimum Gasteiger partial charge on any atom is -0.460 e. The number of hydrogen-bond donors (Lipinski definition) is 1. The summed E-state index contributed by atoms with van der Waals surface area (Å²) in [4.78, 5) is 11.8. The molecule has 0 unspecified atom stereocenters. The largest absolute Gasteiger partial charge is 0.460 e. The van der Waals surface area contributed by atoms with Gasteiger partial charge < -0.3 is 10.1 Å². The molecule has 0 aliphatic carbocycles. The molecular formula is C11H23NO2. The highest BCUT2D eigenvalue weighted by Crippen LogP contribution is 2.22. The normalized spacial score (nSPS) is 28.6. The topological polar surface area (TPSA) is 38.3 Å². The molecule has 1 heterocycles. The molecule has 0 radical (unpaired) electrons. The van der Waals surface area contributed by atoms with Crippen molar-refractivity contribution in [2.45, 2.75) is 39.7 Å². The Balaban J connectivity index is 0.00000196. The van der Waals surface area contributed by atoms with Gasteiger partial charge in [0.25, 0.3) is 0 Å². The van der Waals surface area contributed by atoms with Gasteiger partial charge in [-0.15, -0.1) is 0 Å². The van der Waals surface area contributed by atoms with Crippen LogP contribution in [-0.4, -0.2) is 24.7 Å². The van der Waals surface area contributed by atoms with Crippen LogP contribution in [0.15, 0.2) is 0 Å². The highest BCUT2D eigenvalue weighted by atomic mass is 16.6. The van der Waals surface area contributed by atoms with E-state index in [1.807, 2.05) is 20.8 Å². The van der Waals surface area contributed by atoms with E-state index < -0.39 is 0 Å². The molecule has 1 aliphatic rings. The van der Waals surface area contributed by atoms with Crippen molar-refractivity contribution in [1.82, 2.24) is 5.32 Å². The summed E-state index contributed by atoms with van der Waals surface area (Å²) in [6.45, 7) is 9.68. The summed E-state index contributed by atoms with van der Waals surface area (Å²) < 4.78 is 5.38. The number of carbonyl (C=O) groups excluding carboxylic acids is 1. The Hall–Kier alpha value is -0.570. The molecular weight excluding hydrogens is 178 g/mol. The molecule has 1 N–H and O–H groups in total. The van der Waals surface area contributed by atoms with Crippen molar-refractivity contribution in [3.63, 3.8) is 0 Å². The van der Waals surface area contributed by atoms with Crippen LogP contribution in [0.3, 0.4) is 0 Å². The van der Waals surface area contributed by atoms with Gasteiger partial charge in [-0.1, -0.05) is 6.92 Å². The predicted molar refractivity (Wildman–Crippen MR) is 58.1 cm³/mol. The van der Waals surface area contributed by atoms with Crippen LogP contribution < -0.4 is 5.32 Å². The Morgan fingerprint density at radius 2 is 2.14 bits per heavy atom. The molecule has 0 amide bonds. The summed E-state index contributed by atoms with van der Waals surface area (Å²) in [5.74, 6) is 0.431. The molecule has 3 nitrogen and oxygen atoms in total. The lowest BCUT2D eigenvalue weighted by Gasteiger charge is -2.30. The highest BCUT2D eigenvalue weighted by Gasteiger charge is 2.31. The molecule has 1 aliphatic heterocycles. The second-order valence-electron chi connectivity index (χ2n) is 5.11. The van der Waals surface area contributed by atoms with Gasteiger partial charge in [-0.25, -0.2) is 0 Å². The van der Waals surface area contributed by atoms with Gasteiger partial charge in [0.2, 0.25) is 0 Å². The van der Waals surface area contributed by atoms with Crippen LogP contribution in [0.1, 0.15) is 35.5 Å². The van der Waals surface area contributed by atoms with E-state index in [0.29, 0.717) is 5.92 Å². The fraction of sp³-hybridized carbons (Fsp3) is 0.909. The molecule has 0 bridgehead atoms. The maximum Gasteiger partial charge on any atom is 0.309 e. The molecule has 1 rings (SSSR count). The van der Waals surface area contributed by atoms with Gasteiger partial charge in [-0.2, -0.15) is 0 Å². The molecule has 3 heteroatoms. The average Bonchev–Trinajstić information content (AvgIpc) is 2.01. The first-order valence-electron chi connectivity index (χ1n) is 5.34. The fourth-order valence-electron chi connectivity index (χ4n) is 1.74. The van der Waals surface area contributed by atoms with Crippen molar-refractivity contribution in [3.05, 3.63) is 0 Å². The van der Waals surface area contributed by atoms with Gasteiger partial charge >= 0.3 is 5.97 Å². The zero-order valence-corrected chi connectivity index (χ0v) is 9.59. The van der Waals surface area contributed by atoms with E-state index in [1.165, 1.54) is 0 Å². The monoisotopic (exact) mass is 201 g/mol. The molecule has 0 aromatic heterocycles.